The Hall–Kier alpha value is -1.88. The molecule has 0 amide bonds. The molecule has 1 aromatic carbocycles. The van der Waals surface area contributed by atoms with E-state index in [2.05, 4.69) is 34.7 Å². The van der Waals surface area contributed by atoms with E-state index in [0.717, 1.165) is 43.4 Å². The second kappa shape index (κ2) is 6.26. The first-order chi connectivity index (χ1) is 10.3. The lowest BCUT2D eigenvalue weighted by atomic mass is 10.2. The zero-order valence-corrected chi connectivity index (χ0v) is 13.1. The van der Waals surface area contributed by atoms with Crippen molar-refractivity contribution < 1.29 is 0 Å². The first-order valence-corrected chi connectivity index (χ1v) is 8.30. The number of fused-ring (bicyclic) bond motifs is 1. The Labute approximate surface area is 128 Å². The minimum absolute atomic E-state index is 0.656. The Kier molecular flexibility index (Phi) is 4.20. The fourth-order valence-corrected chi connectivity index (χ4v) is 3.25. The van der Waals surface area contributed by atoms with E-state index in [4.69, 9.17) is 10.7 Å². The molecule has 0 spiro atoms. The van der Waals surface area contributed by atoms with E-state index in [1.54, 1.807) is 0 Å². The largest absolute Gasteiger partial charge is 0.375 e. The third-order valence-corrected chi connectivity index (χ3v) is 4.31. The molecule has 2 heterocycles. The van der Waals surface area contributed by atoms with Crippen molar-refractivity contribution in [1.82, 2.24) is 14.5 Å². The minimum atomic E-state index is 0.656. The maximum atomic E-state index is 5.67. The fraction of sp³-hybridized carbons (Fsp3) is 0.375. The molecule has 0 unspecified atom stereocenters. The number of imidazole rings is 1. The predicted molar refractivity (Wildman–Crippen MR) is 88.6 cm³/mol. The van der Waals surface area contributed by atoms with Gasteiger partial charge in [0.05, 0.1) is 16.7 Å². The monoisotopic (exact) mass is 300 g/mol. The third kappa shape index (κ3) is 3.08. The topological polar surface area (TPSA) is 56.7 Å². The van der Waals surface area contributed by atoms with Crippen molar-refractivity contribution in [2.75, 3.05) is 5.73 Å². The third-order valence-electron chi connectivity index (χ3n) is 3.58. The Morgan fingerprint density at radius 2 is 2.05 bits per heavy atom. The van der Waals surface area contributed by atoms with Crippen molar-refractivity contribution >= 4 is 27.5 Å². The molecule has 3 aromatic rings. The summed E-state index contributed by atoms with van der Waals surface area (Å²) in [6.07, 6.45) is 4.11. The first kappa shape index (κ1) is 14.1. The highest BCUT2D eigenvalue weighted by molar-refractivity contribution is 7.13. The zero-order chi connectivity index (χ0) is 14.7. The normalized spacial score (nSPS) is 11.3. The van der Waals surface area contributed by atoms with Crippen molar-refractivity contribution in [3.8, 4) is 0 Å². The average Bonchev–Trinajstić information content (AvgIpc) is 3.04. The van der Waals surface area contributed by atoms with Crippen LogP contribution in [0.3, 0.4) is 0 Å². The van der Waals surface area contributed by atoms with E-state index >= 15 is 0 Å². The van der Waals surface area contributed by atoms with Gasteiger partial charge in [0.2, 0.25) is 0 Å². The number of aryl methyl sites for hydroxylation is 3. The molecule has 0 atom stereocenters. The number of para-hydroxylation sites is 2. The highest BCUT2D eigenvalue weighted by atomic mass is 32.1. The van der Waals surface area contributed by atoms with Gasteiger partial charge in [-0.05, 0) is 31.4 Å². The molecule has 0 aliphatic carbocycles. The van der Waals surface area contributed by atoms with Crippen LogP contribution >= 0.6 is 11.3 Å². The van der Waals surface area contributed by atoms with Crippen LogP contribution < -0.4 is 5.73 Å². The van der Waals surface area contributed by atoms with Crippen LogP contribution in [0.5, 0.6) is 0 Å². The molecule has 2 N–H and O–H groups in total. The molecule has 0 saturated carbocycles. The summed E-state index contributed by atoms with van der Waals surface area (Å²) in [6, 6.07) is 8.38. The quantitative estimate of drug-likeness (QED) is 0.756. The Balaban J connectivity index is 1.74. The molecule has 0 radical (unpaired) electrons. The lowest BCUT2D eigenvalue weighted by Gasteiger charge is -2.07. The van der Waals surface area contributed by atoms with Gasteiger partial charge in [-0.25, -0.2) is 9.97 Å². The summed E-state index contributed by atoms with van der Waals surface area (Å²) in [5, 5.41) is 2.70. The number of nitrogen functional groups attached to an aromatic ring is 1. The lowest BCUT2D eigenvalue weighted by molar-refractivity contribution is 0.636. The van der Waals surface area contributed by atoms with Crippen LogP contribution in [0.25, 0.3) is 11.0 Å². The molecule has 4 nitrogen and oxygen atoms in total. The molecule has 0 saturated heterocycles. The Bertz CT molecular complexity index is 729. The molecule has 0 bridgehead atoms. The standard InChI is InChI=1S/C16H20N4S/c1-2-10-20-14-8-4-3-7-13(14)19-15(20)9-5-6-12-11-21-16(17)18-12/h3-4,7-8,11H,2,5-6,9-10H2,1H3,(H2,17,18). The zero-order valence-electron chi connectivity index (χ0n) is 12.2. The number of hydrogen-bond acceptors (Lipinski definition) is 4. The summed E-state index contributed by atoms with van der Waals surface area (Å²) in [5.74, 6) is 1.18. The van der Waals surface area contributed by atoms with Gasteiger partial charge in [-0.2, -0.15) is 0 Å². The first-order valence-electron chi connectivity index (χ1n) is 7.42. The van der Waals surface area contributed by atoms with Crippen molar-refractivity contribution in [1.29, 1.82) is 0 Å². The Morgan fingerprint density at radius 1 is 1.19 bits per heavy atom. The molecular formula is C16H20N4S. The summed E-state index contributed by atoms with van der Waals surface area (Å²) in [5.41, 5.74) is 9.10. The number of benzene rings is 1. The van der Waals surface area contributed by atoms with Gasteiger partial charge >= 0.3 is 0 Å². The van der Waals surface area contributed by atoms with Crippen LogP contribution in [-0.2, 0) is 19.4 Å². The number of nitrogens with two attached hydrogens (primary N) is 1. The number of anilines is 1. The summed E-state index contributed by atoms with van der Waals surface area (Å²) in [7, 11) is 0. The van der Waals surface area contributed by atoms with E-state index in [1.165, 1.54) is 22.7 Å². The molecule has 2 aromatic heterocycles. The van der Waals surface area contributed by atoms with E-state index in [1.807, 2.05) is 11.4 Å². The maximum Gasteiger partial charge on any atom is 0.180 e. The van der Waals surface area contributed by atoms with Gasteiger partial charge < -0.3 is 10.3 Å². The molecule has 5 heteroatoms. The number of aromatic nitrogens is 3. The maximum absolute atomic E-state index is 5.67. The van der Waals surface area contributed by atoms with Gasteiger partial charge in [0.1, 0.15) is 5.82 Å². The van der Waals surface area contributed by atoms with E-state index in [9.17, 15) is 0 Å². The molecule has 0 aliphatic rings. The second-order valence-corrected chi connectivity index (χ2v) is 6.09. The Morgan fingerprint density at radius 3 is 2.81 bits per heavy atom. The van der Waals surface area contributed by atoms with Gasteiger partial charge in [0, 0.05) is 18.3 Å². The summed E-state index contributed by atoms with van der Waals surface area (Å²) >= 11 is 1.51. The van der Waals surface area contributed by atoms with Gasteiger partial charge in [-0.1, -0.05) is 19.1 Å². The fourth-order valence-electron chi connectivity index (χ4n) is 2.65. The van der Waals surface area contributed by atoms with Crippen molar-refractivity contribution in [2.45, 2.75) is 39.2 Å². The molecule has 3 rings (SSSR count). The second-order valence-electron chi connectivity index (χ2n) is 5.20. The van der Waals surface area contributed by atoms with E-state index in [-0.39, 0.29) is 0 Å². The molecular weight excluding hydrogens is 280 g/mol. The highest BCUT2D eigenvalue weighted by Crippen LogP contribution is 2.19. The summed E-state index contributed by atoms with van der Waals surface area (Å²) < 4.78 is 2.35. The van der Waals surface area contributed by atoms with Crippen molar-refractivity contribution in [3.63, 3.8) is 0 Å². The predicted octanol–water partition coefficient (Wildman–Crippen LogP) is 3.66. The lowest BCUT2D eigenvalue weighted by Crippen LogP contribution is -2.04. The number of hydrogen-bond donors (Lipinski definition) is 1. The summed E-state index contributed by atoms with van der Waals surface area (Å²) in [4.78, 5) is 9.10. The number of nitrogens with zero attached hydrogens (tertiary/aromatic N) is 3. The number of rotatable bonds is 6. The van der Waals surface area contributed by atoms with Crippen LogP contribution in [0.15, 0.2) is 29.6 Å². The van der Waals surface area contributed by atoms with E-state index in [0.29, 0.717) is 5.13 Å². The number of thiazole rings is 1. The summed E-state index contributed by atoms with van der Waals surface area (Å²) in [6.45, 7) is 3.23. The molecule has 21 heavy (non-hydrogen) atoms. The van der Waals surface area contributed by atoms with Crippen LogP contribution in [-0.4, -0.2) is 14.5 Å². The van der Waals surface area contributed by atoms with Gasteiger partial charge in [-0.3, -0.25) is 0 Å². The van der Waals surface area contributed by atoms with Gasteiger partial charge in [0.15, 0.2) is 5.13 Å². The van der Waals surface area contributed by atoms with Gasteiger partial charge in [0.25, 0.3) is 0 Å². The highest BCUT2D eigenvalue weighted by Gasteiger charge is 2.09. The van der Waals surface area contributed by atoms with Crippen LogP contribution in [0.1, 0.15) is 31.3 Å². The van der Waals surface area contributed by atoms with Crippen LogP contribution in [0.4, 0.5) is 5.13 Å². The van der Waals surface area contributed by atoms with Crippen LogP contribution in [0.2, 0.25) is 0 Å². The molecule has 0 aliphatic heterocycles. The smallest absolute Gasteiger partial charge is 0.180 e. The van der Waals surface area contributed by atoms with E-state index < -0.39 is 0 Å². The SMILES string of the molecule is CCCn1c(CCCc2csc(N)n2)nc2ccccc21. The average molecular weight is 300 g/mol. The van der Waals surface area contributed by atoms with Gasteiger partial charge in [-0.15, -0.1) is 11.3 Å². The molecule has 0 fully saturated rings. The van der Waals surface area contributed by atoms with Crippen LogP contribution in [0, 0.1) is 0 Å². The molecule has 110 valence electrons. The van der Waals surface area contributed by atoms with Crippen molar-refractivity contribution in [3.05, 3.63) is 41.2 Å². The minimum Gasteiger partial charge on any atom is -0.375 e. The van der Waals surface area contributed by atoms with Crippen molar-refractivity contribution in [2.24, 2.45) is 0 Å².